The van der Waals surface area contributed by atoms with Gasteiger partial charge in [-0.05, 0) is 137 Å². The summed E-state index contributed by atoms with van der Waals surface area (Å²) in [5.41, 5.74) is 26.9. The molecular formula is C75H53NO. The molecule has 0 bridgehead atoms. The lowest BCUT2D eigenvalue weighted by atomic mass is 9.52. The largest absolute Gasteiger partial charge is 0.455 e. The second-order valence-electron chi connectivity index (χ2n) is 20.6. The fourth-order valence-corrected chi connectivity index (χ4v) is 14.0. The lowest BCUT2D eigenvalue weighted by Crippen LogP contribution is -2.43. The fourth-order valence-electron chi connectivity index (χ4n) is 14.0. The molecule has 77 heavy (non-hydrogen) atoms. The van der Waals surface area contributed by atoms with Crippen LogP contribution in [-0.4, -0.2) is 0 Å². The zero-order chi connectivity index (χ0) is 50.0. The van der Waals surface area contributed by atoms with Gasteiger partial charge in [0.2, 0.25) is 0 Å². The quantitative estimate of drug-likeness (QED) is 0.165. The van der Waals surface area contributed by atoms with E-state index in [4.69, 9.17) is 4.42 Å². The molecule has 0 fully saturated rings. The minimum absolute atomic E-state index is 0. The molecule has 3 aliphatic rings. The van der Waals surface area contributed by atoms with Crippen LogP contribution in [0.15, 0.2) is 290 Å². The molecular weight excluding hydrogens is 931 g/mol. The molecule has 12 aromatic carbocycles. The van der Waals surface area contributed by atoms with Gasteiger partial charge in [0.05, 0.1) is 10.8 Å². The zero-order valence-electron chi connectivity index (χ0n) is 41.5. The first-order valence-electron chi connectivity index (χ1n) is 26.4. The van der Waals surface area contributed by atoms with Crippen LogP contribution >= 0.6 is 0 Å². The normalized spacial score (nSPS) is 13.6. The topological polar surface area (TPSA) is 16.4 Å². The highest BCUT2D eigenvalue weighted by molar-refractivity contribution is 6.09. The molecule has 2 heteroatoms. The summed E-state index contributed by atoms with van der Waals surface area (Å²) in [4.78, 5) is 2.37. The lowest BCUT2D eigenvalue weighted by molar-refractivity contribution is 0.633. The van der Waals surface area contributed by atoms with E-state index in [-0.39, 0.29) is 8.85 Å². The summed E-state index contributed by atoms with van der Waals surface area (Å²) in [5.74, 6) is 0. The molecule has 16 rings (SSSR count). The van der Waals surface area contributed by atoms with Crippen molar-refractivity contribution in [3.8, 4) is 55.6 Å². The molecule has 0 unspecified atom stereocenters. The number of hydrogen-bond donors (Lipinski definition) is 0. The van der Waals surface area contributed by atoms with Crippen LogP contribution in [0.2, 0.25) is 0 Å². The Hall–Kier alpha value is -9.76. The molecule has 0 saturated heterocycles. The first-order valence-corrected chi connectivity index (χ1v) is 26.4. The summed E-state index contributed by atoms with van der Waals surface area (Å²) in [6.07, 6.45) is 0. The number of nitrogens with zero attached hydrogens (tertiary/aromatic N) is 1. The third-order valence-electron chi connectivity index (χ3n) is 17.0. The van der Waals surface area contributed by atoms with Gasteiger partial charge in [0, 0.05) is 34.8 Å². The van der Waals surface area contributed by atoms with Crippen molar-refractivity contribution >= 4 is 39.0 Å². The Labute approximate surface area is 450 Å². The number of anilines is 3. The van der Waals surface area contributed by atoms with Gasteiger partial charge in [-0.15, -0.1) is 0 Å². The highest BCUT2D eigenvalue weighted by atomic mass is 16.3. The number of furan rings is 1. The molecule has 2 spiro atoms. The molecule has 0 aliphatic heterocycles. The van der Waals surface area contributed by atoms with E-state index < -0.39 is 10.8 Å². The van der Waals surface area contributed by atoms with Crippen molar-refractivity contribution in [2.75, 3.05) is 4.90 Å². The number of rotatable bonds is 6. The maximum absolute atomic E-state index is 6.49. The van der Waals surface area contributed by atoms with Gasteiger partial charge >= 0.3 is 0 Å². The van der Waals surface area contributed by atoms with Crippen LogP contribution in [0.1, 0.15) is 53.4 Å². The maximum atomic E-state index is 6.49. The predicted molar refractivity (Wildman–Crippen MR) is 322 cm³/mol. The molecule has 0 N–H and O–H groups in total. The summed E-state index contributed by atoms with van der Waals surface area (Å²) in [7, 11) is 0. The Morgan fingerprint density at radius 3 is 1.19 bits per heavy atom. The smallest absolute Gasteiger partial charge is 0.143 e. The summed E-state index contributed by atoms with van der Waals surface area (Å²) in [5, 5.41) is 2.26. The molecule has 0 saturated carbocycles. The van der Waals surface area contributed by atoms with Gasteiger partial charge in [-0.2, -0.15) is 0 Å². The highest BCUT2D eigenvalue weighted by Gasteiger charge is 2.59. The van der Waals surface area contributed by atoms with Crippen molar-refractivity contribution in [1.82, 2.24) is 0 Å². The Morgan fingerprint density at radius 2 is 0.623 bits per heavy atom. The molecule has 1 heterocycles. The summed E-state index contributed by atoms with van der Waals surface area (Å²) < 4.78 is 6.49. The van der Waals surface area contributed by atoms with Crippen LogP contribution in [0.5, 0.6) is 0 Å². The van der Waals surface area contributed by atoms with Crippen LogP contribution in [0.25, 0.3) is 77.6 Å². The SMILES string of the molecule is C.[HH].c1ccc(-c2ccc(N(c3ccc(-c4cccc5c4-c4ccccc4C54c5ccccc5C5(c6ccccc6-c6ccccc65)c5ccccc54)cc3)c3ccc(-c4cccc5c4oc4ccccc45)cc3)cc2)cc1. The molecule has 2 nitrogen and oxygen atoms in total. The minimum atomic E-state index is -0.558. The molecule has 0 radical (unpaired) electrons. The number of hydrogen-bond acceptors (Lipinski definition) is 2. The Balaban J connectivity index is 0.00000276. The average molecular weight is 984 g/mol. The first kappa shape index (κ1) is 44.7. The lowest BCUT2D eigenvalue weighted by Gasteiger charge is -2.48. The van der Waals surface area contributed by atoms with E-state index in [1.807, 2.05) is 12.1 Å². The van der Waals surface area contributed by atoms with Gasteiger partial charge in [0.1, 0.15) is 11.2 Å². The molecule has 13 aromatic rings. The van der Waals surface area contributed by atoms with Crippen molar-refractivity contribution in [3.63, 3.8) is 0 Å². The number of fused-ring (bicyclic) bond motifs is 19. The van der Waals surface area contributed by atoms with Crippen LogP contribution in [-0.2, 0) is 10.8 Å². The maximum Gasteiger partial charge on any atom is 0.143 e. The van der Waals surface area contributed by atoms with E-state index in [1.54, 1.807) is 0 Å². The van der Waals surface area contributed by atoms with Crippen molar-refractivity contribution in [3.05, 3.63) is 330 Å². The van der Waals surface area contributed by atoms with Crippen molar-refractivity contribution < 1.29 is 5.84 Å². The van der Waals surface area contributed by atoms with Gasteiger partial charge in [-0.1, -0.05) is 250 Å². The highest BCUT2D eigenvalue weighted by Crippen LogP contribution is 2.68. The summed E-state index contributed by atoms with van der Waals surface area (Å²) in [6.45, 7) is 0. The Bertz CT molecular complexity index is 4360. The molecule has 364 valence electrons. The van der Waals surface area contributed by atoms with E-state index in [1.165, 1.54) is 89.0 Å². The average Bonchev–Trinajstić information content (AvgIpc) is 3.03. The Kier molecular flexibility index (Phi) is 9.95. The second-order valence-corrected chi connectivity index (χ2v) is 20.6. The van der Waals surface area contributed by atoms with Crippen LogP contribution < -0.4 is 4.90 Å². The first-order chi connectivity index (χ1) is 37.7. The second kappa shape index (κ2) is 17.1. The third-order valence-corrected chi connectivity index (χ3v) is 17.0. The molecule has 3 aliphatic carbocycles. The van der Waals surface area contributed by atoms with E-state index in [0.29, 0.717) is 0 Å². The van der Waals surface area contributed by atoms with Crippen LogP contribution in [0, 0.1) is 0 Å². The van der Waals surface area contributed by atoms with Gasteiger partial charge in [0.25, 0.3) is 0 Å². The zero-order valence-corrected chi connectivity index (χ0v) is 41.5. The Morgan fingerprint density at radius 1 is 0.260 bits per heavy atom. The van der Waals surface area contributed by atoms with Crippen LogP contribution in [0.4, 0.5) is 17.1 Å². The van der Waals surface area contributed by atoms with Crippen molar-refractivity contribution in [1.29, 1.82) is 0 Å². The number of para-hydroxylation sites is 2. The minimum Gasteiger partial charge on any atom is -0.455 e. The number of benzene rings is 12. The molecule has 0 atom stereocenters. The van der Waals surface area contributed by atoms with E-state index >= 15 is 0 Å². The third kappa shape index (κ3) is 6.18. The van der Waals surface area contributed by atoms with E-state index in [2.05, 4.69) is 278 Å². The van der Waals surface area contributed by atoms with Gasteiger partial charge in [-0.25, -0.2) is 0 Å². The fraction of sp³-hybridized carbons (Fsp3) is 0.0400. The van der Waals surface area contributed by atoms with Crippen LogP contribution in [0.3, 0.4) is 0 Å². The van der Waals surface area contributed by atoms with Crippen molar-refractivity contribution in [2.45, 2.75) is 18.3 Å². The molecule has 0 amide bonds. The predicted octanol–water partition coefficient (Wildman–Crippen LogP) is 20.0. The van der Waals surface area contributed by atoms with E-state index in [9.17, 15) is 0 Å². The van der Waals surface area contributed by atoms with Crippen molar-refractivity contribution in [2.24, 2.45) is 0 Å². The van der Waals surface area contributed by atoms with E-state index in [0.717, 1.165) is 50.1 Å². The van der Waals surface area contributed by atoms with Gasteiger partial charge in [0.15, 0.2) is 0 Å². The van der Waals surface area contributed by atoms with Gasteiger partial charge < -0.3 is 9.32 Å². The monoisotopic (exact) mass is 983 g/mol. The summed E-state index contributed by atoms with van der Waals surface area (Å²) in [6, 6.07) is 106. The van der Waals surface area contributed by atoms with Gasteiger partial charge in [-0.3, -0.25) is 0 Å². The standard InChI is InChI=1S/C74H47NO.CH4.H2/c1-2-18-48(19-3-1)49-36-42-52(43-37-49)75(54-46-40-51(41-47-54)56-25-16-26-60-59-22-7-15-35-70(59)76-72(56)60)53-44-38-50(39-45-53)55-24-17-34-69-71(55)61-23-6-10-29-64(61)74(69)67-32-13-11-30-65(67)73(66-31-12-14-33-68(66)74)62-27-8-4-20-57(62)58-21-5-9-28-63(58)73;;/h1-47H;1H4;1H. The molecule has 1 aromatic heterocycles. The summed E-state index contributed by atoms with van der Waals surface area (Å²) >= 11 is 0.